The van der Waals surface area contributed by atoms with Gasteiger partial charge in [-0.25, -0.2) is 0 Å². The molecule has 0 bridgehead atoms. The summed E-state index contributed by atoms with van der Waals surface area (Å²) in [6.07, 6.45) is 3.82. The number of hydrogen-bond donors (Lipinski definition) is 1. The molecule has 0 saturated heterocycles. The number of carbonyl (C=O) groups excluding carboxylic acids is 1. The average molecular weight is 404 g/mol. The van der Waals surface area contributed by atoms with E-state index in [9.17, 15) is 4.79 Å². The third-order valence-corrected chi connectivity index (χ3v) is 5.42. The number of anilines is 1. The highest BCUT2D eigenvalue weighted by molar-refractivity contribution is 9.10. The Hall–Kier alpha value is -2.01. The van der Waals surface area contributed by atoms with Crippen LogP contribution >= 0.6 is 15.9 Å². The van der Waals surface area contributed by atoms with Crippen LogP contribution < -0.4 is 14.8 Å². The van der Waals surface area contributed by atoms with Crippen molar-refractivity contribution in [1.29, 1.82) is 0 Å². The Kier molecular flexibility index (Phi) is 5.33. The molecule has 5 heteroatoms. The molecule has 1 saturated carbocycles. The molecule has 1 aliphatic rings. The van der Waals surface area contributed by atoms with Gasteiger partial charge in [-0.15, -0.1) is 0 Å². The van der Waals surface area contributed by atoms with Crippen molar-refractivity contribution in [2.75, 3.05) is 19.5 Å². The number of methoxy groups -OCH3 is 2. The van der Waals surface area contributed by atoms with Gasteiger partial charge in [0.1, 0.15) is 11.5 Å². The van der Waals surface area contributed by atoms with E-state index < -0.39 is 5.41 Å². The summed E-state index contributed by atoms with van der Waals surface area (Å²) in [5.41, 5.74) is 1.23. The van der Waals surface area contributed by atoms with Crippen molar-refractivity contribution in [3.63, 3.8) is 0 Å². The largest absolute Gasteiger partial charge is 0.497 e. The van der Waals surface area contributed by atoms with E-state index in [-0.39, 0.29) is 5.91 Å². The maximum atomic E-state index is 13.3. The van der Waals surface area contributed by atoms with E-state index in [1.54, 1.807) is 20.3 Å². The van der Waals surface area contributed by atoms with E-state index in [1.165, 1.54) is 0 Å². The van der Waals surface area contributed by atoms with Crippen LogP contribution in [0, 0.1) is 0 Å². The van der Waals surface area contributed by atoms with Gasteiger partial charge in [0.25, 0.3) is 0 Å². The SMILES string of the molecule is COc1ccc(NC(=O)C2(c3cccc(Br)c3)CCCC2)c(OC)c1. The van der Waals surface area contributed by atoms with Crippen LogP contribution in [0.1, 0.15) is 31.2 Å². The highest BCUT2D eigenvalue weighted by Crippen LogP contribution is 2.43. The molecule has 1 amide bonds. The zero-order chi connectivity index (χ0) is 17.9. The summed E-state index contributed by atoms with van der Waals surface area (Å²) in [6, 6.07) is 13.5. The molecule has 1 fully saturated rings. The molecule has 1 aliphatic carbocycles. The van der Waals surface area contributed by atoms with Crippen LogP contribution in [0.5, 0.6) is 11.5 Å². The second-order valence-corrected chi connectivity index (χ2v) is 7.24. The second-order valence-electron chi connectivity index (χ2n) is 6.32. The summed E-state index contributed by atoms with van der Waals surface area (Å²) in [5, 5.41) is 3.08. The number of carbonyl (C=O) groups is 1. The molecule has 0 radical (unpaired) electrons. The lowest BCUT2D eigenvalue weighted by Gasteiger charge is -2.29. The number of nitrogens with one attached hydrogen (secondary N) is 1. The number of rotatable bonds is 5. The van der Waals surface area contributed by atoms with Crippen LogP contribution in [-0.2, 0) is 10.2 Å². The molecule has 132 valence electrons. The summed E-state index contributed by atoms with van der Waals surface area (Å²) in [4.78, 5) is 13.3. The first-order valence-electron chi connectivity index (χ1n) is 8.38. The van der Waals surface area contributed by atoms with Gasteiger partial charge in [-0.2, -0.15) is 0 Å². The maximum absolute atomic E-state index is 13.3. The number of hydrogen-bond acceptors (Lipinski definition) is 3. The van der Waals surface area contributed by atoms with E-state index in [1.807, 2.05) is 30.3 Å². The van der Waals surface area contributed by atoms with Crippen molar-refractivity contribution in [2.45, 2.75) is 31.1 Å². The Bertz CT molecular complexity index is 769. The van der Waals surface area contributed by atoms with Gasteiger partial charge in [-0.3, -0.25) is 4.79 Å². The molecule has 3 rings (SSSR count). The number of halogens is 1. The highest BCUT2D eigenvalue weighted by Gasteiger charge is 2.43. The zero-order valence-corrected chi connectivity index (χ0v) is 16.1. The second kappa shape index (κ2) is 7.48. The number of benzene rings is 2. The predicted octanol–water partition coefficient (Wildman–Crippen LogP) is 4.92. The highest BCUT2D eigenvalue weighted by atomic mass is 79.9. The van der Waals surface area contributed by atoms with Gasteiger partial charge >= 0.3 is 0 Å². The van der Waals surface area contributed by atoms with Crippen molar-refractivity contribution < 1.29 is 14.3 Å². The van der Waals surface area contributed by atoms with Gasteiger partial charge in [0.15, 0.2) is 0 Å². The minimum atomic E-state index is -0.491. The van der Waals surface area contributed by atoms with Gasteiger partial charge in [-0.1, -0.05) is 40.9 Å². The summed E-state index contributed by atoms with van der Waals surface area (Å²) in [7, 11) is 3.19. The number of amides is 1. The smallest absolute Gasteiger partial charge is 0.235 e. The molecule has 0 aliphatic heterocycles. The topological polar surface area (TPSA) is 47.6 Å². The molecular weight excluding hydrogens is 382 g/mol. The molecule has 4 nitrogen and oxygen atoms in total. The van der Waals surface area contributed by atoms with Crippen LogP contribution in [0.25, 0.3) is 0 Å². The third kappa shape index (κ3) is 3.52. The van der Waals surface area contributed by atoms with Crippen molar-refractivity contribution in [3.05, 3.63) is 52.5 Å². The Balaban J connectivity index is 1.92. The maximum Gasteiger partial charge on any atom is 0.235 e. The molecular formula is C20H22BrNO3. The minimum Gasteiger partial charge on any atom is -0.497 e. The molecule has 2 aromatic rings. The Morgan fingerprint density at radius 1 is 1.08 bits per heavy atom. The summed E-state index contributed by atoms with van der Waals surface area (Å²) >= 11 is 3.52. The van der Waals surface area contributed by atoms with Gasteiger partial charge in [0.05, 0.1) is 25.3 Å². The Morgan fingerprint density at radius 2 is 1.84 bits per heavy atom. The fourth-order valence-corrected chi connectivity index (χ4v) is 3.95. The fourth-order valence-electron chi connectivity index (χ4n) is 3.56. The fraction of sp³-hybridized carbons (Fsp3) is 0.350. The van der Waals surface area contributed by atoms with Crippen molar-refractivity contribution >= 4 is 27.5 Å². The van der Waals surface area contributed by atoms with Crippen LogP contribution in [0.2, 0.25) is 0 Å². The number of ether oxygens (including phenoxy) is 2. The molecule has 0 atom stereocenters. The van der Waals surface area contributed by atoms with E-state index in [4.69, 9.17) is 9.47 Å². The molecule has 0 heterocycles. The zero-order valence-electron chi connectivity index (χ0n) is 14.5. The first-order chi connectivity index (χ1) is 12.1. The molecule has 25 heavy (non-hydrogen) atoms. The van der Waals surface area contributed by atoms with E-state index in [2.05, 4.69) is 27.3 Å². The molecule has 0 aromatic heterocycles. The Morgan fingerprint density at radius 3 is 2.48 bits per heavy atom. The van der Waals surface area contributed by atoms with E-state index >= 15 is 0 Å². The monoisotopic (exact) mass is 403 g/mol. The van der Waals surface area contributed by atoms with Crippen LogP contribution in [-0.4, -0.2) is 20.1 Å². The van der Waals surface area contributed by atoms with Crippen LogP contribution in [0.15, 0.2) is 46.9 Å². The average Bonchev–Trinajstić information content (AvgIpc) is 3.13. The van der Waals surface area contributed by atoms with E-state index in [0.29, 0.717) is 17.2 Å². The summed E-state index contributed by atoms with van der Waals surface area (Å²) < 4.78 is 11.6. The Labute approximate surface area is 156 Å². The van der Waals surface area contributed by atoms with Crippen LogP contribution in [0.3, 0.4) is 0 Å². The van der Waals surface area contributed by atoms with Crippen LogP contribution in [0.4, 0.5) is 5.69 Å². The summed E-state index contributed by atoms with van der Waals surface area (Å²) in [6.45, 7) is 0. The summed E-state index contributed by atoms with van der Waals surface area (Å²) in [5.74, 6) is 1.30. The first-order valence-corrected chi connectivity index (χ1v) is 9.18. The quantitative estimate of drug-likeness (QED) is 0.770. The standard InChI is InChI=1S/C20H22BrNO3/c1-24-16-8-9-17(18(13-16)25-2)22-19(23)20(10-3-4-11-20)14-6-5-7-15(21)12-14/h5-9,12-13H,3-4,10-11H2,1-2H3,(H,22,23). The lowest BCUT2D eigenvalue weighted by atomic mass is 9.78. The van der Waals surface area contributed by atoms with Crippen molar-refractivity contribution in [2.24, 2.45) is 0 Å². The third-order valence-electron chi connectivity index (χ3n) is 4.93. The molecule has 0 spiro atoms. The molecule has 1 N–H and O–H groups in total. The normalized spacial score (nSPS) is 15.6. The first kappa shape index (κ1) is 17.8. The minimum absolute atomic E-state index is 0.0200. The van der Waals surface area contributed by atoms with Gasteiger partial charge in [0, 0.05) is 10.5 Å². The lowest BCUT2D eigenvalue weighted by Crippen LogP contribution is -2.38. The van der Waals surface area contributed by atoms with Crippen molar-refractivity contribution in [3.8, 4) is 11.5 Å². The van der Waals surface area contributed by atoms with E-state index in [0.717, 1.165) is 35.7 Å². The predicted molar refractivity (Wildman–Crippen MR) is 102 cm³/mol. The van der Waals surface area contributed by atoms with Gasteiger partial charge < -0.3 is 14.8 Å². The lowest BCUT2D eigenvalue weighted by molar-refractivity contribution is -0.121. The molecule has 0 unspecified atom stereocenters. The molecule has 2 aromatic carbocycles. The van der Waals surface area contributed by atoms with Gasteiger partial charge in [0.2, 0.25) is 5.91 Å². The van der Waals surface area contributed by atoms with Gasteiger partial charge in [-0.05, 0) is 42.7 Å². The van der Waals surface area contributed by atoms with Crippen molar-refractivity contribution in [1.82, 2.24) is 0 Å².